The monoisotopic (exact) mass is 363 g/mol. The fourth-order valence-electron chi connectivity index (χ4n) is 3.83. The highest BCUT2D eigenvalue weighted by atomic mass is 16.5. The number of aliphatic hydroxyl groups excluding tert-OH is 2. The van der Waals surface area contributed by atoms with Crippen molar-refractivity contribution in [1.29, 1.82) is 0 Å². The highest BCUT2D eigenvalue weighted by molar-refractivity contribution is 5.96. The Morgan fingerprint density at radius 1 is 1.31 bits per heavy atom. The molecule has 2 atom stereocenters. The zero-order chi connectivity index (χ0) is 19.0. The van der Waals surface area contributed by atoms with Gasteiger partial charge in [0.05, 0.1) is 12.7 Å². The first-order chi connectivity index (χ1) is 12.5. The van der Waals surface area contributed by atoms with Gasteiger partial charge in [0.2, 0.25) is 0 Å². The Labute approximate surface area is 157 Å². The average Bonchev–Trinajstić information content (AvgIpc) is 2.64. The van der Waals surface area contributed by atoms with Gasteiger partial charge in [-0.1, -0.05) is 29.8 Å². The van der Waals surface area contributed by atoms with E-state index in [1.807, 2.05) is 31.2 Å². The molecule has 1 aromatic carbocycles. The van der Waals surface area contributed by atoms with E-state index in [4.69, 9.17) is 4.74 Å². The number of benzene rings is 1. The van der Waals surface area contributed by atoms with Gasteiger partial charge in [-0.2, -0.15) is 0 Å². The van der Waals surface area contributed by atoms with Crippen LogP contribution in [0, 0.1) is 12.3 Å². The van der Waals surface area contributed by atoms with Crippen molar-refractivity contribution in [1.82, 2.24) is 4.90 Å². The van der Waals surface area contributed by atoms with Crippen molar-refractivity contribution in [2.24, 2.45) is 5.41 Å². The average molecular weight is 363 g/mol. The predicted octanol–water partition coefficient (Wildman–Crippen LogP) is 2.43. The molecule has 5 nitrogen and oxygen atoms in total. The van der Waals surface area contributed by atoms with E-state index >= 15 is 0 Å². The number of aliphatic hydroxyl groups is 2. The highest BCUT2D eigenvalue weighted by Gasteiger charge is 2.41. The molecule has 0 bridgehead atoms. The Kier molecular flexibility index (Phi) is 8.22. The first-order valence-electron chi connectivity index (χ1n) is 9.61. The Bertz CT molecular complexity index is 560. The van der Waals surface area contributed by atoms with Gasteiger partial charge in [-0.05, 0) is 39.2 Å². The van der Waals surface area contributed by atoms with Gasteiger partial charge in [0.15, 0.2) is 5.78 Å². The van der Waals surface area contributed by atoms with Crippen LogP contribution < -0.4 is 0 Å². The number of likely N-dealkylation sites (tertiary alicyclic amines) is 1. The van der Waals surface area contributed by atoms with Crippen LogP contribution in [0.2, 0.25) is 0 Å². The van der Waals surface area contributed by atoms with Gasteiger partial charge in [0.1, 0.15) is 0 Å². The summed E-state index contributed by atoms with van der Waals surface area (Å²) in [7, 11) is 1.67. The van der Waals surface area contributed by atoms with E-state index in [9.17, 15) is 15.0 Å². The summed E-state index contributed by atoms with van der Waals surface area (Å²) in [5, 5.41) is 20.4. The molecule has 2 N–H and O–H groups in total. The van der Waals surface area contributed by atoms with Gasteiger partial charge in [0, 0.05) is 44.2 Å². The van der Waals surface area contributed by atoms with Gasteiger partial charge < -0.3 is 19.8 Å². The minimum absolute atomic E-state index is 0.0172. The van der Waals surface area contributed by atoms with Gasteiger partial charge in [-0.3, -0.25) is 4.79 Å². The Morgan fingerprint density at radius 2 is 2.04 bits per heavy atom. The first kappa shape index (κ1) is 21.0. The largest absolute Gasteiger partial charge is 0.396 e. The van der Waals surface area contributed by atoms with Crippen LogP contribution >= 0.6 is 0 Å². The molecule has 26 heavy (non-hydrogen) atoms. The lowest BCUT2D eigenvalue weighted by molar-refractivity contribution is -0.0824. The van der Waals surface area contributed by atoms with E-state index in [1.54, 1.807) is 7.11 Å². The lowest BCUT2D eigenvalue weighted by Gasteiger charge is -2.45. The van der Waals surface area contributed by atoms with Crippen LogP contribution in [0.5, 0.6) is 0 Å². The molecule has 0 aliphatic carbocycles. The van der Waals surface area contributed by atoms with Crippen molar-refractivity contribution in [3.8, 4) is 0 Å². The zero-order valence-corrected chi connectivity index (χ0v) is 16.1. The lowest BCUT2D eigenvalue weighted by Crippen LogP contribution is -2.54. The molecule has 1 heterocycles. The molecule has 146 valence electrons. The summed E-state index contributed by atoms with van der Waals surface area (Å²) < 4.78 is 5.11. The van der Waals surface area contributed by atoms with Crippen molar-refractivity contribution in [3.05, 3.63) is 35.4 Å². The fraction of sp³-hybridized carbons (Fsp3) is 0.667. The maximum absolute atomic E-state index is 12.3. The maximum Gasteiger partial charge on any atom is 0.162 e. The summed E-state index contributed by atoms with van der Waals surface area (Å²) in [5.74, 6) is 0.176. The summed E-state index contributed by atoms with van der Waals surface area (Å²) in [5.41, 5.74) is 1.45. The summed E-state index contributed by atoms with van der Waals surface area (Å²) in [6.07, 6.45) is 3.08. The number of ether oxygens (including phenoxy) is 1. The minimum Gasteiger partial charge on any atom is -0.396 e. The normalized spacial score (nSPS) is 23.9. The number of hydrogen-bond acceptors (Lipinski definition) is 5. The smallest absolute Gasteiger partial charge is 0.162 e. The summed E-state index contributed by atoms with van der Waals surface area (Å²) in [6, 6.07) is 7.72. The van der Waals surface area contributed by atoms with Gasteiger partial charge in [0.25, 0.3) is 0 Å². The molecular weight excluding hydrogens is 330 g/mol. The van der Waals surface area contributed by atoms with E-state index in [1.165, 1.54) is 0 Å². The molecule has 0 aromatic heterocycles. The summed E-state index contributed by atoms with van der Waals surface area (Å²) in [4.78, 5) is 14.6. The predicted molar refractivity (Wildman–Crippen MR) is 102 cm³/mol. The molecule has 0 radical (unpaired) electrons. The summed E-state index contributed by atoms with van der Waals surface area (Å²) in [6.45, 7) is 4.94. The zero-order valence-electron chi connectivity index (χ0n) is 16.1. The van der Waals surface area contributed by atoms with Gasteiger partial charge in [-0.25, -0.2) is 0 Å². The Hall–Kier alpha value is -1.27. The third kappa shape index (κ3) is 5.61. The lowest BCUT2D eigenvalue weighted by atomic mass is 9.74. The van der Waals surface area contributed by atoms with Crippen LogP contribution in [0.4, 0.5) is 0 Å². The SMILES string of the molecule is COCCC[C@@]1(CO)CN(CCCC(=O)c2ccc(C)cc2)CC[C@H]1O. The number of carbonyl (C=O) groups is 1. The molecule has 1 saturated heterocycles. The number of piperidine rings is 1. The first-order valence-corrected chi connectivity index (χ1v) is 9.61. The third-order valence-electron chi connectivity index (χ3n) is 5.55. The number of methoxy groups -OCH3 is 1. The number of nitrogens with zero attached hydrogens (tertiary/aromatic N) is 1. The second-order valence-electron chi connectivity index (χ2n) is 7.59. The van der Waals surface area contributed by atoms with Crippen LogP contribution in [-0.4, -0.2) is 67.0 Å². The van der Waals surface area contributed by atoms with E-state index < -0.39 is 11.5 Å². The third-order valence-corrected chi connectivity index (χ3v) is 5.55. The van der Waals surface area contributed by atoms with Crippen molar-refractivity contribution in [3.63, 3.8) is 0 Å². The maximum atomic E-state index is 12.3. The number of rotatable bonds is 10. The summed E-state index contributed by atoms with van der Waals surface area (Å²) >= 11 is 0. The Morgan fingerprint density at radius 3 is 2.69 bits per heavy atom. The molecule has 1 fully saturated rings. The Balaban J connectivity index is 1.83. The molecular formula is C21H33NO4. The molecule has 2 rings (SSSR count). The second kappa shape index (κ2) is 10.2. The number of carbonyl (C=O) groups excluding carboxylic acids is 1. The molecule has 0 spiro atoms. The van der Waals surface area contributed by atoms with Crippen LogP contribution in [0.1, 0.15) is 48.0 Å². The molecule has 5 heteroatoms. The molecule has 1 aromatic rings. The fourth-order valence-corrected chi connectivity index (χ4v) is 3.83. The van der Waals surface area contributed by atoms with Crippen molar-refractivity contribution < 1.29 is 19.7 Å². The molecule has 1 aliphatic heterocycles. The minimum atomic E-state index is -0.477. The topological polar surface area (TPSA) is 70.0 Å². The second-order valence-corrected chi connectivity index (χ2v) is 7.59. The van der Waals surface area contributed by atoms with E-state index in [0.29, 0.717) is 26.0 Å². The van der Waals surface area contributed by atoms with Crippen molar-refractivity contribution >= 4 is 5.78 Å². The number of aryl methyl sites for hydroxylation is 1. The van der Waals surface area contributed by atoms with Crippen molar-refractivity contribution in [2.45, 2.75) is 45.1 Å². The van der Waals surface area contributed by atoms with Crippen molar-refractivity contribution in [2.75, 3.05) is 40.0 Å². The van der Waals surface area contributed by atoms with E-state index in [0.717, 1.165) is 43.5 Å². The van der Waals surface area contributed by atoms with E-state index in [-0.39, 0.29) is 12.4 Å². The molecule has 1 aliphatic rings. The van der Waals surface area contributed by atoms with Crippen LogP contribution in [0.15, 0.2) is 24.3 Å². The van der Waals surface area contributed by atoms with Crippen LogP contribution in [-0.2, 0) is 4.74 Å². The molecule has 0 amide bonds. The number of hydrogen-bond donors (Lipinski definition) is 2. The molecule has 0 saturated carbocycles. The van der Waals surface area contributed by atoms with Crippen LogP contribution in [0.3, 0.4) is 0 Å². The number of Topliss-reactive ketones (excluding diaryl/α,β-unsaturated/α-hetero) is 1. The van der Waals surface area contributed by atoms with Gasteiger partial charge >= 0.3 is 0 Å². The van der Waals surface area contributed by atoms with Gasteiger partial charge in [-0.15, -0.1) is 0 Å². The quantitative estimate of drug-likeness (QED) is 0.494. The number of ketones is 1. The van der Waals surface area contributed by atoms with Crippen LogP contribution in [0.25, 0.3) is 0 Å². The molecule has 0 unspecified atom stereocenters. The standard InChI is InChI=1S/C21H33NO4/c1-17-6-8-18(9-7-17)19(24)5-3-12-22-13-10-20(25)21(15-22,16-23)11-4-14-26-2/h6-9,20,23,25H,3-5,10-16H2,1-2H3/t20-,21+/m1/s1. The van der Waals surface area contributed by atoms with E-state index in [2.05, 4.69) is 4.90 Å². The highest BCUT2D eigenvalue weighted by Crippen LogP contribution is 2.34.